The van der Waals surface area contributed by atoms with Gasteiger partial charge in [-0.25, -0.2) is 4.79 Å². The Hall–Kier alpha value is -3.39. The molecule has 0 bridgehead atoms. The summed E-state index contributed by atoms with van der Waals surface area (Å²) in [6, 6.07) is 14.4. The molecule has 8 nitrogen and oxygen atoms in total. The molecule has 4 atom stereocenters. The number of nitrogens with one attached hydrogen (secondary N) is 1. The molecule has 4 rings (SSSR count). The highest BCUT2D eigenvalue weighted by Gasteiger charge is 2.54. The number of Topliss-reactive ketones (excluding diaryl/α,β-unsaturated/α-hetero) is 1. The van der Waals surface area contributed by atoms with Crippen LogP contribution in [-0.4, -0.2) is 41.5 Å². The highest BCUT2D eigenvalue weighted by molar-refractivity contribution is 6.34. The number of hydrogen-bond acceptors (Lipinski definition) is 7. The predicted molar refractivity (Wildman–Crippen MR) is 121 cm³/mol. The van der Waals surface area contributed by atoms with Gasteiger partial charge in [-0.05, 0) is 48.1 Å². The molecule has 1 aliphatic carbocycles. The van der Waals surface area contributed by atoms with E-state index in [2.05, 4.69) is 5.32 Å². The first-order valence-corrected chi connectivity index (χ1v) is 11.0. The molecular weight excluding hydrogens is 424 g/mol. The van der Waals surface area contributed by atoms with Crippen LogP contribution in [0.1, 0.15) is 42.7 Å². The summed E-state index contributed by atoms with van der Waals surface area (Å²) in [4.78, 5) is 37.7. The van der Waals surface area contributed by atoms with Crippen molar-refractivity contribution in [3.05, 3.63) is 59.7 Å². The van der Waals surface area contributed by atoms with Gasteiger partial charge in [0.1, 0.15) is 17.9 Å². The number of benzene rings is 2. The maximum atomic E-state index is 12.8. The van der Waals surface area contributed by atoms with Gasteiger partial charge in [0.05, 0.1) is 7.11 Å². The third kappa shape index (κ3) is 4.43. The van der Waals surface area contributed by atoms with E-state index in [1.807, 2.05) is 24.3 Å². The third-order valence-corrected chi connectivity index (χ3v) is 6.80. The molecule has 2 aromatic rings. The maximum absolute atomic E-state index is 12.8. The quantitative estimate of drug-likeness (QED) is 0.412. The number of carboxylic acids is 1. The molecule has 0 saturated heterocycles. The molecule has 0 radical (unpaired) electrons. The Morgan fingerprint density at radius 2 is 1.85 bits per heavy atom. The van der Waals surface area contributed by atoms with Crippen LogP contribution in [0.25, 0.3) is 0 Å². The molecule has 8 heteroatoms. The van der Waals surface area contributed by atoms with Crippen molar-refractivity contribution in [3.8, 4) is 5.75 Å². The zero-order valence-corrected chi connectivity index (χ0v) is 18.5. The molecule has 0 spiro atoms. The van der Waals surface area contributed by atoms with Crippen LogP contribution in [0.5, 0.6) is 5.75 Å². The molecule has 4 N–H and O–H groups in total. The van der Waals surface area contributed by atoms with Crippen LogP contribution in [0, 0.1) is 5.92 Å². The summed E-state index contributed by atoms with van der Waals surface area (Å²) in [6.45, 7) is -0.111. The highest BCUT2D eigenvalue weighted by Crippen LogP contribution is 2.50. The van der Waals surface area contributed by atoms with E-state index >= 15 is 0 Å². The lowest BCUT2D eigenvalue weighted by molar-refractivity contribution is -0.157. The summed E-state index contributed by atoms with van der Waals surface area (Å²) < 4.78 is 10.2. The summed E-state index contributed by atoms with van der Waals surface area (Å²) in [7, 11) is 1.55. The van der Waals surface area contributed by atoms with Gasteiger partial charge in [0.2, 0.25) is 5.78 Å². The molecule has 1 aliphatic heterocycles. The van der Waals surface area contributed by atoms with Crippen molar-refractivity contribution in [3.63, 3.8) is 0 Å². The second-order valence-electron chi connectivity index (χ2n) is 8.78. The smallest absolute Gasteiger partial charge is 0.375 e. The number of fused-ring (bicyclic) bond motifs is 2. The van der Waals surface area contributed by atoms with Crippen molar-refractivity contribution >= 4 is 23.4 Å². The minimum absolute atomic E-state index is 0.0379. The zero-order valence-electron chi connectivity index (χ0n) is 18.5. The average Bonchev–Trinajstić information content (AvgIpc) is 3.28. The molecule has 4 unspecified atom stereocenters. The normalized spacial score (nSPS) is 22.8. The van der Waals surface area contributed by atoms with E-state index in [1.165, 1.54) is 0 Å². The van der Waals surface area contributed by atoms with Crippen LogP contribution in [0.15, 0.2) is 48.5 Å². The van der Waals surface area contributed by atoms with Gasteiger partial charge in [0.15, 0.2) is 0 Å². The minimum Gasteiger partial charge on any atom is -0.497 e. The molecule has 1 fully saturated rings. The van der Waals surface area contributed by atoms with E-state index in [4.69, 9.17) is 15.2 Å². The Labute approximate surface area is 192 Å². The summed E-state index contributed by atoms with van der Waals surface area (Å²) in [6.07, 6.45) is 2.02. The largest absolute Gasteiger partial charge is 0.497 e. The van der Waals surface area contributed by atoms with Crippen molar-refractivity contribution < 1.29 is 29.0 Å². The van der Waals surface area contributed by atoms with Gasteiger partial charge in [-0.3, -0.25) is 9.59 Å². The molecule has 1 saturated carbocycles. The lowest BCUT2D eigenvalue weighted by atomic mass is 9.66. The van der Waals surface area contributed by atoms with E-state index in [1.54, 1.807) is 31.4 Å². The predicted octanol–water partition coefficient (Wildman–Crippen LogP) is 2.86. The van der Waals surface area contributed by atoms with E-state index in [-0.39, 0.29) is 18.6 Å². The highest BCUT2D eigenvalue weighted by atomic mass is 16.5. The van der Waals surface area contributed by atoms with E-state index < -0.39 is 35.6 Å². The minimum atomic E-state index is -1.93. The first-order valence-electron chi connectivity index (χ1n) is 11.0. The molecular formula is C25H28N2O6. The number of ketones is 1. The van der Waals surface area contributed by atoms with Crippen molar-refractivity contribution in [1.29, 1.82) is 0 Å². The molecule has 33 heavy (non-hydrogen) atoms. The molecule has 1 heterocycles. The molecule has 2 aliphatic rings. The maximum Gasteiger partial charge on any atom is 0.375 e. The summed E-state index contributed by atoms with van der Waals surface area (Å²) in [5, 5.41) is 13.6. The Bertz CT molecular complexity index is 1050. The number of esters is 1. The van der Waals surface area contributed by atoms with Crippen molar-refractivity contribution in [2.24, 2.45) is 11.7 Å². The van der Waals surface area contributed by atoms with Crippen LogP contribution in [0.2, 0.25) is 0 Å². The Kier molecular flexibility index (Phi) is 6.37. The van der Waals surface area contributed by atoms with E-state index in [0.717, 1.165) is 30.5 Å². The van der Waals surface area contributed by atoms with E-state index in [9.17, 15) is 19.5 Å². The summed E-state index contributed by atoms with van der Waals surface area (Å²) >= 11 is 0. The van der Waals surface area contributed by atoms with Crippen molar-refractivity contribution in [2.75, 3.05) is 12.4 Å². The Morgan fingerprint density at radius 1 is 1.12 bits per heavy atom. The third-order valence-electron chi connectivity index (χ3n) is 6.80. The monoisotopic (exact) mass is 452 g/mol. The standard InChI is InChI=1S/C25H28N2O6/c1-32-16-11-9-15(10-12-16)14-33-23(29)21(28)13-25(26,24(30)31)22-17-5-2-3-7-19(17)27-20-8-4-6-18(20)22/h2-3,5,7,9-12,18,20,22,27H,4,6,8,13-14,26H2,1H3,(H,30,31). The number of hydrogen-bond donors (Lipinski definition) is 3. The number of carboxylic acid groups (broad SMARTS) is 1. The van der Waals surface area contributed by atoms with E-state index in [0.29, 0.717) is 11.3 Å². The summed E-state index contributed by atoms with van der Waals surface area (Å²) in [5.74, 6) is -3.32. The molecule has 0 aromatic heterocycles. The fourth-order valence-electron chi connectivity index (χ4n) is 5.16. The Morgan fingerprint density at radius 3 is 2.55 bits per heavy atom. The number of methoxy groups -OCH3 is 1. The average molecular weight is 453 g/mol. The number of rotatable bonds is 8. The van der Waals surface area contributed by atoms with Crippen LogP contribution in [0.4, 0.5) is 5.69 Å². The number of anilines is 1. The van der Waals surface area contributed by atoms with Gasteiger partial charge < -0.3 is 25.6 Å². The molecule has 0 amide bonds. The number of carbonyl (C=O) groups excluding carboxylic acids is 2. The topological polar surface area (TPSA) is 128 Å². The first kappa shape index (κ1) is 22.8. The van der Waals surface area contributed by atoms with Crippen LogP contribution in [0.3, 0.4) is 0 Å². The SMILES string of the molecule is COc1ccc(COC(=O)C(=O)CC(N)(C(=O)O)C2c3ccccc3NC3CCCC32)cc1. The molecule has 174 valence electrons. The zero-order chi connectivity index (χ0) is 23.6. The number of aliphatic carboxylic acids is 1. The molecule has 2 aromatic carbocycles. The van der Waals surface area contributed by atoms with Gasteiger partial charge in [-0.2, -0.15) is 0 Å². The summed E-state index contributed by atoms with van der Waals surface area (Å²) in [5.41, 5.74) is 6.84. The fraction of sp³-hybridized carbons (Fsp3) is 0.400. The lowest BCUT2D eigenvalue weighted by Gasteiger charge is -2.44. The number of ether oxygens (including phenoxy) is 2. The number of nitrogens with two attached hydrogens (primary N) is 1. The van der Waals surface area contributed by atoms with Crippen LogP contribution in [-0.2, 0) is 25.7 Å². The van der Waals surface area contributed by atoms with Crippen LogP contribution >= 0.6 is 0 Å². The van der Waals surface area contributed by atoms with Crippen molar-refractivity contribution in [1.82, 2.24) is 0 Å². The second kappa shape index (κ2) is 9.23. The van der Waals surface area contributed by atoms with Gasteiger partial charge in [0.25, 0.3) is 0 Å². The second-order valence-corrected chi connectivity index (χ2v) is 8.78. The lowest BCUT2D eigenvalue weighted by Crippen LogP contribution is -2.59. The van der Waals surface area contributed by atoms with Gasteiger partial charge in [0, 0.05) is 24.1 Å². The van der Waals surface area contributed by atoms with Gasteiger partial charge >= 0.3 is 11.9 Å². The first-order chi connectivity index (χ1) is 15.8. The fourth-order valence-corrected chi connectivity index (χ4v) is 5.16. The van der Waals surface area contributed by atoms with Gasteiger partial charge in [-0.15, -0.1) is 0 Å². The van der Waals surface area contributed by atoms with Crippen molar-refractivity contribution in [2.45, 2.75) is 49.8 Å². The number of para-hydroxylation sites is 1. The van der Waals surface area contributed by atoms with Gasteiger partial charge in [-0.1, -0.05) is 36.8 Å². The van der Waals surface area contributed by atoms with Crippen LogP contribution < -0.4 is 15.8 Å². The Balaban J connectivity index is 1.53. The number of carbonyl (C=O) groups is 3.